The predicted molar refractivity (Wildman–Crippen MR) is 61.3 cm³/mol. The Kier molecular flexibility index (Phi) is 4.48. The Balaban J connectivity index is 2.46. The Morgan fingerprint density at radius 1 is 1.57 bits per heavy atom. The van der Waals surface area contributed by atoms with Crippen molar-refractivity contribution < 1.29 is 9.90 Å². The summed E-state index contributed by atoms with van der Waals surface area (Å²) in [4.78, 5) is 11.5. The van der Waals surface area contributed by atoms with Gasteiger partial charge in [0.25, 0.3) is 0 Å². The number of rotatable bonds is 5. The number of aryl methyl sites for hydroxylation is 1. The van der Waals surface area contributed by atoms with Gasteiger partial charge in [0.1, 0.15) is 0 Å². The molecule has 14 heavy (non-hydrogen) atoms. The summed E-state index contributed by atoms with van der Waals surface area (Å²) in [5.74, 6) is -0.725. The molecule has 78 valence electrons. The second-order valence-corrected chi connectivity index (χ2v) is 6.33. The van der Waals surface area contributed by atoms with E-state index in [0.29, 0.717) is 11.7 Å². The molecule has 0 amide bonds. The first-order valence-corrected chi connectivity index (χ1v) is 6.24. The van der Waals surface area contributed by atoms with Gasteiger partial charge in [0, 0.05) is 10.1 Å². The largest absolute Gasteiger partial charge is 0.481 e. The summed E-state index contributed by atoms with van der Waals surface area (Å²) in [6.45, 7) is 4.31. The number of aliphatic carboxylic acids is 1. The first-order valence-electron chi connectivity index (χ1n) is 4.55. The van der Waals surface area contributed by atoms with Crippen LogP contribution >= 0.6 is 23.1 Å². The predicted octanol–water partition coefficient (Wildman–Crippen LogP) is 3.27. The molecule has 0 fully saturated rings. The van der Waals surface area contributed by atoms with Gasteiger partial charge in [0.15, 0.2) is 0 Å². The molecule has 0 unspecified atom stereocenters. The fraction of sp³-hybridized carbons (Fsp3) is 0.500. The average molecular weight is 230 g/mol. The van der Waals surface area contributed by atoms with E-state index in [1.165, 1.54) is 4.21 Å². The molecule has 1 aromatic rings. The molecular formula is C10H14O2S2. The second-order valence-electron chi connectivity index (χ2n) is 3.28. The number of thiophene rings is 1. The lowest BCUT2D eigenvalue weighted by molar-refractivity contribution is -0.136. The van der Waals surface area contributed by atoms with Gasteiger partial charge in [0.05, 0.1) is 10.6 Å². The van der Waals surface area contributed by atoms with Gasteiger partial charge in [-0.2, -0.15) is 0 Å². The van der Waals surface area contributed by atoms with E-state index in [2.05, 4.69) is 19.9 Å². The summed E-state index contributed by atoms with van der Waals surface area (Å²) in [6.07, 6.45) is 0.880. The maximum Gasteiger partial charge on any atom is 0.303 e. The normalized spacial score (nSPS) is 10.8. The zero-order valence-electron chi connectivity index (χ0n) is 8.32. The smallest absolute Gasteiger partial charge is 0.303 e. The van der Waals surface area contributed by atoms with Crippen molar-refractivity contribution >= 4 is 29.1 Å². The second kappa shape index (κ2) is 5.41. The molecule has 0 aliphatic carbocycles. The highest BCUT2D eigenvalue weighted by atomic mass is 32.2. The van der Waals surface area contributed by atoms with E-state index in [4.69, 9.17) is 5.11 Å². The molecule has 0 saturated heterocycles. The standard InChI is InChI=1S/C10H14O2S2/c1-7(2)13-10-6-4-8(14-10)3-5-9(11)12/h4,6-7H,3,5H2,1-2H3,(H,11,12). The highest BCUT2D eigenvalue weighted by Gasteiger charge is 2.04. The lowest BCUT2D eigenvalue weighted by atomic mass is 10.3. The Hall–Kier alpha value is -0.480. The molecule has 1 heterocycles. The van der Waals surface area contributed by atoms with Crippen LogP contribution in [0.25, 0.3) is 0 Å². The van der Waals surface area contributed by atoms with Crippen molar-refractivity contribution in [3.63, 3.8) is 0 Å². The maximum absolute atomic E-state index is 10.4. The molecule has 1 aromatic heterocycles. The molecule has 0 radical (unpaired) electrons. The van der Waals surface area contributed by atoms with E-state index in [1.54, 1.807) is 11.3 Å². The number of carbonyl (C=O) groups is 1. The van der Waals surface area contributed by atoms with Gasteiger partial charge in [-0.1, -0.05) is 13.8 Å². The third-order valence-corrected chi connectivity index (χ3v) is 3.89. The molecule has 1 N–H and O–H groups in total. The van der Waals surface area contributed by atoms with E-state index >= 15 is 0 Å². The van der Waals surface area contributed by atoms with E-state index in [-0.39, 0.29) is 6.42 Å². The van der Waals surface area contributed by atoms with Gasteiger partial charge in [-0.3, -0.25) is 4.79 Å². The molecule has 1 rings (SSSR count). The Morgan fingerprint density at radius 3 is 2.86 bits per heavy atom. The number of hydrogen-bond donors (Lipinski definition) is 1. The summed E-state index contributed by atoms with van der Waals surface area (Å²) in [7, 11) is 0. The average Bonchev–Trinajstić information content (AvgIpc) is 2.47. The molecule has 0 aliphatic rings. The van der Waals surface area contributed by atoms with Crippen LogP contribution in [-0.2, 0) is 11.2 Å². The fourth-order valence-corrected chi connectivity index (χ4v) is 3.46. The Labute approximate surface area is 92.3 Å². The molecule has 0 bridgehead atoms. The van der Waals surface area contributed by atoms with Gasteiger partial charge < -0.3 is 5.11 Å². The maximum atomic E-state index is 10.4. The van der Waals surface area contributed by atoms with Crippen LogP contribution in [0.3, 0.4) is 0 Å². The number of hydrogen-bond acceptors (Lipinski definition) is 3. The van der Waals surface area contributed by atoms with E-state index in [9.17, 15) is 4.79 Å². The summed E-state index contributed by atoms with van der Waals surface area (Å²) < 4.78 is 1.28. The van der Waals surface area contributed by atoms with Crippen molar-refractivity contribution in [1.82, 2.24) is 0 Å². The van der Waals surface area contributed by atoms with Gasteiger partial charge in [-0.15, -0.1) is 23.1 Å². The minimum Gasteiger partial charge on any atom is -0.481 e. The minimum atomic E-state index is -0.725. The van der Waals surface area contributed by atoms with Gasteiger partial charge >= 0.3 is 5.97 Å². The lowest BCUT2D eigenvalue weighted by Gasteiger charge is -1.99. The van der Waals surface area contributed by atoms with E-state index < -0.39 is 5.97 Å². The molecule has 0 aromatic carbocycles. The topological polar surface area (TPSA) is 37.3 Å². The zero-order chi connectivity index (χ0) is 10.6. The molecule has 4 heteroatoms. The number of carboxylic acid groups (broad SMARTS) is 1. The molecule has 0 saturated carbocycles. The van der Waals surface area contributed by atoms with Crippen LogP contribution < -0.4 is 0 Å². The lowest BCUT2D eigenvalue weighted by Crippen LogP contribution is -1.95. The van der Waals surface area contributed by atoms with Crippen molar-refractivity contribution in [3.05, 3.63) is 17.0 Å². The zero-order valence-corrected chi connectivity index (χ0v) is 9.95. The van der Waals surface area contributed by atoms with Crippen molar-refractivity contribution in [2.24, 2.45) is 0 Å². The van der Waals surface area contributed by atoms with Crippen LogP contribution in [0.2, 0.25) is 0 Å². The monoisotopic (exact) mass is 230 g/mol. The highest BCUT2D eigenvalue weighted by Crippen LogP contribution is 2.30. The molecule has 2 nitrogen and oxygen atoms in total. The molecule has 0 atom stereocenters. The number of carboxylic acids is 1. The third kappa shape index (κ3) is 4.15. The van der Waals surface area contributed by atoms with Crippen molar-refractivity contribution in [2.75, 3.05) is 0 Å². The molecular weight excluding hydrogens is 216 g/mol. The first kappa shape index (κ1) is 11.6. The van der Waals surface area contributed by atoms with Crippen molar-refractivity contribution in [2.45, 2.75) is 36.1 Å². The van der Waals surface area contributed by atoms with Crippen LogP contribution in [0, 0.1) is 0 Å². The van der Waals surface area contributed by atoms with Crippen LogP contribution in [-0.4, -0.2) is 16.3 Å². The Morgan fingerprint density at radius 2 is 2.29 bits per heavy atom. The highest BCUT2D eigenvalue weighted by molar-refractivity contribution is 8.01. The summed E-state index contributed by atoms with van der Waals surface area (Å²) >= 11 is 3.53. The van der Waals surface area contributed by atoms with Crippen LogP contribution in [0.1, 0.15) is 25.1 Å². The van der Waals surface area contributed by atoms with Crippen molar-refractivity contribution in [1.29, 1.82) is 0 Å². The molecule has 0 aliphatic heterocycles. The SMILES string of the molecule is CC(C)Sc1ccc(CCC(=O)O)s1. The first-order chi connectivity index (χ1) is 6.58. The summed E-state index contributed by atoms with van der Waals surface area (Å²) in [5.41, 5.74) is 0. The number of thioether (sulfide) groups is 1. The van der Waals surface area contributed by atoms with Crippen LogP contribution in [0.4, 0.5) is 0 Å². The summed E-state index contributed by atoms with van der Waals surface area (Å²) in [5, 5.41) is 9.11. The van der Waals surface area contributed by atoms with Gasteiger partial charge in [-0.05, 0) is 18.6 Å². The van der Waals surface area contributed by atoms with Crippen LogP contribution in [0.15, 0.2) is 16.3 Å². The van der Waals surface area contributed by atoms with Crippen molar-refractivity contribution in [3.8, 4) is 0 Å². The Bertz CT molecular complexity index is 305. The summed E-state index contributed by atoms with van der Waals surface area (Å²) in [6, 6.07) is 4.10. The van der Waals surface area contributed by atoms with Crippen LogP contribution in [0.5, 0.6) is 0 Å². The van der Waals surface area contributed by atoms with E-state index in [1.807, 2.05) is 17.8 Å². The van der Waals surface area contributed by atoms with Gasteiger partial charge in [-0.25, -0.2) is 0 Å². The quantitative estimate of drug-likeness (QED) is 0.789. The minimum absolute atomic E-state index is 0.228. The van der Waals surface area contributed by atoms with Gasteiger partial charge in [0.2, 0.25) is 0 Å². The third-order valence-electron chi connectivity index (χ3n) is 1.57. The van der Waals surface area contributed by atoms with E-state index in [0.717, 1.165) is 4.88 Å². The fourth-order valence-electron chi connectivity index (χ4n) is 1.02. The molecule has 0 spiro atoms.